The predicted octanol–water partition coefficient (Wildman–Crippen LogP) is 3.93. The maximum atomic E-state index is 12.0. The van der Waals surface area contributed by atoms with Crippen molar-refractivity contribution in [3.63, 3.8) is 0 Å². The fraction of sp³-hybridized carbons (Fsp3) is 0.438. The topological polar surface area (TPSA) is 32.3 Å². The lowest BCUT2D eigenvalue weighted by molar-refractivity contribution is 0.250. The van der Waals surface area contributed by atoms with E-state index in [2.05, 4.69) is 12.2 Å². The average molecular weight is 258 g/mol. The molecule has 1 aromatic rings. The summed E-state index contributed by atoms with van der Waals surface area (Å²) in [5.74, 6) is 0.655. The van der Waals surface area contributed by atoms with Gasteiger partial charge < -0.3 is 5.32 Å². The third-order valence-electron chi connectivity index (χ3n) is 3.87. The van der Waals surface area contributed by atoms with E-state index >= 15 is 0 Å². The van der Waals surface area contributed by atoms with Crippen molar-refractivity contribution < 1.29 is 4.79 Å². The van der Waals surface area contributed by atoms with Crippen molar-refractivity contribution in [2.75, 3.05) is 11.9 Å². The predicted molar refractivity (Wildman–Crippen MR) is 79.1 cm³/mol. The summed E-state index contributed by atoms with van der Waals surface area (Å²) >= 11 is 0. The number of allylic oxidation sites excluding steroid dienone is 1. The Morgan fingerprint density at radius 2 is 1.89 bits per heavy atom. The Morgan fingerprint density at radius 1 is 1.26 bits per heavy atom. The Kier molecular flexibility index (Phi) is 4.61. The van der Waals surface area contributed by atoms with E-state index in [9.17, 15) is 4.79 Å². The van der Waals surface area contributed by atoms with Gasteiger partial charge in [-0.2, -0.15) is 0 Å². The van der Waals surface area contributed by atoms with Crippen molar-refractivity contribution in [3.8, 4) is 0 Å². The zero-order valence-electron chi connectivity index (χ0n) is 11.7. The van der Waals surface area contributed by atoms with Crippen molar-refractivity contribution >= 4 is 11.7 Å². The number of hydrogen-bond acceptors (Lipinski definition) is 1. The van der Waals surface area contributed by atoms with Gasteiger partial charge in [-0.1, -0.05) is 36.6 Å². The van der Waals surface area contributed by atoms with Gasteiger partial charge in [-0.3, -0.25) is 4.90 Å². The number of hydrogen-bond donors (Lipinski definition) is 1. The normalized spacial score (nSPS) is 16.4. The molecule has 3 nitrogen and oxygen atoms in total. The van der Waals surface area contributed by atoms with Gasteiger partial charge in [-0.25, -0.2) is 4.79 Å². The number of para-hydroxylation sites is 1. The molecule has 0 atom stereocenters. The molecule has 1 aromatic carbocycles. The third kappa shape index (κ3) is 3.60. The summed E-state index contributed by atoms with van der Waals surface area (Å²) in [6.07, 6.45) is 7.01. The number of rotatable bonds is 3. The van der Waals surface area contributed by atoms with Crippen LogP contribution in [-0.4, -0.2) is 13.1 Å². The van der Waals surface area contributed by atoms with Gasteiger partial charge in [0.2, 0.25) is 0 Å². The Balaban J connectivity index is 1.92. The first kappa shape index (κ1) is 13.7. The van der Waals surface area contributed by atoms with Crippen LogP contribution in [0.15, 0.2) is 42.1 Å². The first-order chi connectivity index (χ1) is 9.18. The number of urea groups is 1. The van der Waals surface area contributed by atoms with Gasteiger partial charge in [-0.05, 0) is 37.8 Å². The third-order valence-corrected chi connectivity index (χ3v) is 3.87. The first-order valence-corrected chi connectivity index (χ1v) is 6.94. The van der Waals surface area contributed by atoms with Gasteiger partial charge in [0.05, 0.1) is 0 Å². The summed E-state index contributed by atoms with van der Waals surface area (Å²) in [7, 11) is 1.78. The molecule has 1 saturated carbocycles. The molecule has 1 aliphatic rings. The Hall–Kier alpha value is -1.77. The van der Waals surface area contributed by atoms with Gasteiger partial charge >= 0.3 is 6.03 Å². The van der Waals surface area contributed by atoms with E-state index < -0.39 is 0 Å². The minimum Gasteiger partial charge on any atom is -0.314 e. The van der Waals surface area contributed by atoms with Crippen LogP contribution in [0.2, 0.25) is 0 Å². The van der Waals surface area contributed by atoms with Gasteiger partial charge in [0.15, 0.2) is 0 Å². The second-order valence-corrected chi connectivity index (χ2v) is 5.21. The van der Waals surface area contributed by atoms with E-state index in [1.807, 2.05) is 36.5 Å². The van der Waals surface area contributed by atoms with E-state index in [4.69, 9.17) is 0 Å². The monoisotopic (exact) mass is 258 g/mol. The van der Waals surface area contributed by atoms with E-state index in [1.54, 1.807) is 11.9 Å². The van der Waals surface area contributed by atoms with Gasteiger partial charge in [0.1, 0.15) is 0 Å². The molecule has 0 bridgehead atoms. The van der Waals surface area contributed by atoms with Crippen LogP contribution < -0.4 is 10.2 Å². The zero-order chi connectivity index (χ0) is 13.7. The average Bonchev–Trinajstić information content (AvgIpc) is 2.98. The number of carbonyl (C=O) groups is 1. The van der Waals surface area contributed by atoms with Crippen molar-refractivity contribution in [1.82, 2.24) is 5.32 Å². The molecule has 0 heterocycles. The maximum absolute atomic E-state index is 12.0. The minimum atomic E-state index is -0.0939. The highest BCUT2D eigenvalue weighted by Gasteiger charge is 2.17. The van der Waals surface area contributed by atoms with Crippen molar-refractivity contribution in [2.24, 2.45) is 5.92 Å². The number of carbonyl (C=O) groups excluding carboxylic acids is 1. The fourth-order valence-electron chi connectivity index (χ4n) is 2.54. The van der Waals surface area contributed by atoms with Crippen LogP contribution in [0.1, 0.15) is 32.6 Å². The van der Waals surface area contributed by atoms with Crippen LogP contribution in [0.25, 0.3) is 0 Å². The lowest BCUT2D eigenvalue weighted by Crippen LogP contribution is -2.34. The summed E-state index contributed by atoms with van der Waals surface area (Å²) in [6.45, 7) is 2.11. The number of nitrogens with zero attached hydrogens (tertiary/aromatic N) is 1. The molecule has 0 aliphatic heterocycles. The summed E-state index contributed by atoms with van der Waals surface area (Å²) in [5, 5.41) is 2.88. The van der Waals surface area contributed by atoms with E-state index in [0.717, 1.165) is 5.69 Å². The van der Waals surface area contributed by atoms with Crippen molar-refractivity contribution in [2.45, 2.75) is 32.6 Å². The Labute approximate surface area is 115 Å². The molecule has 19 heavy (non-hydrogen) atoms. The van der Waals surface area contributed by atoms with E-state index in [-0.39, 0.29) is 6.03 Å². The van der Waals surface area contributed by atoms with Gasteiger partial charge in [0.25, 0.3) is 0 Å². The molecule has 102 valence electrons. The first-order valence-electron chi connectivity index (χ1n) is 6.94. The molecule has 1 N–H and O–H groups in total. The number of anilines is 1. The second-order valence-electron chi connectivity index (χ2n) is 5.21. The smallest absolute Gasteiger partial charge is 0.314 e. The van der Waals surface area contributed by atoms with Crippen molar-refractivity contribution in [1.29, 1.82) is 0 Å². The van der Waals surface area contributed by atoms with Crippen LogP contribution >= 0.6 is 0 Å². The van der Waals surface area contributed by atoms with Gasteiger partial charge in [-0.15, -0.1) is 0 Å². The quantitative estimate of drug-likeness (QED) is 0.875. The highest BCUT2D eigenvalue weighted by Crippen LogP contribution is 2.30. The molecule has 0 spiro atoms. The van der Waals surface area contributed by atoms with E-state index in [1.165, 1.54) is 31.3 Å². The molecule has 0 aromatic heterocycles. The lowest BCUT2D eigenvalue weighted by Gasteiger charge is -2.17. The highest BCUT2D eigenvalue weighted by molar-refractivity contribution is 5.91. The van der Waals surface area contributed by atoms with Crippen LogP contribution in [-0.2, 0) is 0 Å². The number of amides is 2. The van der Waals surface area contributed by atoms with Crippen LogP contribution in [0, 0.1) is 5.92 Å². The summed E-state index contributed by atoms with van der Waals surface area (Å²) < 4.78 is 0. The standard InChI is InChI=1S/C16H22N2O/c1-13(14-8-6-7-9-14)12-17-16(19)18(2)15-10-4-3-5-11-15/h3-5,10-12,14H,6-9H2,1-2H3,(H,17,19)/b13-12+. The molecule has 0 unspecified atom stereocenters. The fourth-order valence-corrected chi connectivity index (χ4v) is 2.54. The number of benzene rings is 1. The molecule has 2 amide bonds. The molecule has 2 rings (SSSR count). The molecular weight excluding hydrogens is 236 g/mol. The summed E-state index contributed by atoms with van der Waals surface area (Å²) in [6, 6.07) is 9.56. The second kappa shape index (κ2) is 6.41. The minimum absolute atomic E-state index is 0.0939. The summed E-state index contributed by atoms with van der Waals surface area (Å²) in [5.41, 5.74) is 2.18. The van der Waals surface area contributed by atoms with E-state index in [0.29, 0.717) is 5.92 Å². The van der Waals surface area contributed by atoms with Crippen LogP contribution in [0.4, 0.5) is 10.5 Å². The maximum Gasteiger partial charge on any atom is 0.325 e. The SMILES string of the molecule is C/C(=C\NC(=O)N(C)c1ccccc1)C1CCCC1. The Bertz CT molecular complexity index is 447. The molecule has 0 radical (unpaired) electrons. The zero-order valence-corrected chi connectivity index (χ0v) is 11.7. The van der Waals surface area contributed by atoms with Crippen LogP contribution in [0.5, 0.6) is 0 Å². The lowest BCUT2D eigenvalue weighted by atomic mass is 10.0. The number of nitrogens with one attached hydrogen (secondary N) is 1. The molecular formula is C16H22N2O. The molecule has 1 fully saturated rings. The largest absolute Gasteiger partial charge is 0.325 e. The molecule has 0 saturated heterocycles. The summed E-state index contributed by atoms with van der Waals surface area (Å²) in [4.78, 5) is 13.7. The van der Waals surface area contributed by atoms with Gasteiger partial charge in [0, 0.05) is 18.9 Å². The Morgan fingerprint density at radius 3 is 2.53 bits per heavy atom. The molecule has 3 heteroatoms. The van der Waals surface area contributed by atoms with Crippen LogP contribution in [0.3, 0.4) is 0 Å². The highest BCUT2D eigenvalue weighted by atomic mass is 16.2. The molecule has 1 aliphatic carbocycles. The van der Waals surface area contributed by atoms with Crippen molar-refractivity contribution in [3.05, 3.63) is 42.1 Å².